The van der Waals surface area contributed by atoms with Gasteiger partial charge < -0.3 is 9.47 Å². The minimum Gasteiger partial charge on any atom is -0.381 e. The summed E-state index contributed by atoms with van der Waals surface area (Å²) in [4.78, 5) is 0. The molecule has 2 aliphatic heterocycles. The molecule has 6 atom stereocenters. The SMILES string of the molecule is CC(C)C1COC(CC(C)C2CCCOCC2C(C)C)CC1C(C)C. The third kappa shape index (κ3) is 5.70. The van der Waals surface area contributed by atoms with Crippen molar-refractivity contribution in [1.29, 1.82) is 0 Å². The van der Waals surface area contributed by atoms with Gasteiger partial charge in [0.25, 0.3) is 0 Å². The van der Waals surface area contributed by atoms with E-state index in [1.807, 2.05) is 0 Å². The van der Waals surface area contributed by atoms with E-state index in [1.54, 1.807) is 0 Å². The Morgan fingerprint density at radius 2 is 1.36 bits per heavy atom. The second-order valence-electron chi connectivity index (χ2n) is 10.0. The molecule has 2 rings (SSSR count). The molecule has 0 aromatic carbocycles. The Bertz CT molecular complexity index is 376. The van der Waals surface area contributed by atoms with Crippen LogP contribution in [0.1, 0.15) is 74.1 Å². The average molecular weight is 353 g/mol. The quantitative estimate of drug-likeness (QED) is 0.580. The van der Waals surface area contributed by atoms with E-state index in [0.29, 0.717) is 17.9 Å². The van der Waals surface area contributed by atoms with Crippen molar-refractivity contribution >= 4 is 0 Å². The Balaban J connectivity index is 1.98. The average Bonchev–Trinajstić information content (AvgIpc) is 2.80. The molecule has 0 aromatic heterocycles. The molecule has 0 radical (unpaired) electrons. The lowest BCUT2D eigenvalue weighted by Gasteiger charge is -2.42. The van der Waals surface area contributed by atoms with Gasteiger partial charge in [0, 0.05) is 13.2 Å². The number of rotatable bonds is 6. The molecule has 2 heterocycles. The van der Waals surface area contributed by atoms with Gasteiger partial charge in [-0.15, -0.1) is 0 Å². The molecule has 0 N–H and O–H groups in total. The van der Waals surface area contributed by atoms with Gasteiger partial charge in [-0.2, -0.15) is 0 Å². The van der Waals surface area contributed by atoms with Crippen molar-refractivity contribution in [2.75, 3.05) is 19.8 Å². The maximum atomic E-state index is 6.39. The van der Waals surface area contributed by atoms with Crippen LogP contribution in [0.25, 0.3) is 0 Å². The van der Waals surface area contributed by atoms with Gasteiger partial charge in [-0.05, 0) is 73.0 Å². The largest absolute Gasteiger partial charge is 0.381 e. The summed E-state index contributed by atoms with van der Waals surface area (Å²) in [6.07, 6.45) is 5.53. The predicted octanol–water partition coefficient (Wildman–Crippen LogP) is 6.04. The molecule has 0 bridgehead atoms. The van der Waals surface area contributed by atoms with E-state index in [-0.39, 0.29) is 0 Å². The normalized spacial score (nSPS) is 36.0. The van der Waals surface area contributed by atoms with Gasteiger partial charge in [-0.3, -0.25) is 0 Å². The summed E-state index contributed by atoms with van der Waals surface area (Å²) in [6.45, 7) is 19.7. The lowest BCUT2D eigenvalue weighted by Crippen LogP contribution is -2.40. The van der Waals surface area contributed by atoms with Gasteiger partial charge in [0.1, 0.15) is 0 Å². The molecule has 148 valence electrons. The van der Waals surface area contributed by atoms with Gasteiger partial charge in [-0.1, -0.05) is 48.5 Å². The molecule has 2 saturated heterocycles. The highest BCUT2D eigenvalue weighted by Crippen LogP contribution is 2.41. The second-order valence-corrected chi connectivity index (χ2v) is 10.0. The first kappa shape index (κ1) is 21.2. The fourth-order valence-corrected chi connectivity index (χ4v) is 5.50. The first-order valence-corrected chi connectivity index (χ1v) is 11.0. The summed E-state index contributed by atoms with van der Waals surface area (Å²) in [5.74, 6) is 6.02. The van der Waals surface area contributed by atoms with Crippen LogP contribution in [0.4, 0.5) is 0 Å². The minimum atomic E-state index is 0.467. The van der Waals surface area contributed by atoms with Crippen LogP contribution in [0.15, 0.2) is 0 Å². The van der Waals surface area contributed by atoms with E-state index in [4.69, 9.17) is 9.47 Å². The van der Waals surface area contributed by atoms with Gasteiger partial charge >= 0.3 is 0 Å². The molecule has 0 aliphatic carbocycles. The molecule has 2 nitrogen and oxygen atoms in total. The van der Waals surface area contributed by atoms with Crippen LogP contribution >= 0.6 is 0 Å². The number of ether oxygens (including phenoxy) is 2. The topological polar surface area (TPSA) is 18.5 Å². The number of hydrogen-bond donors (Lipinski definition) is 0. The predicted molar refractivity (Wildman–Crippen MR) is 107 cm³/mol. The smallest absolute Gasteiger partial charge is 0.0580 e. The standard InChI is InChI=1S/C23H44O2/c1-15(2)21-12-19(25-14-23(21)17(5)6)11-18(7)20-9-8-10-24-13-22(20)16(3)4/h15-23H,8-14H2,1-7H3. The first-order chi connectivity index (χ1) is 11.8. The van der Waals surface area contributed by atoms with Crippen molar-refractivity contribution in [2.24, 2.45) is 47.3 Å². The molecule has 2 heteroatoms. The highest BCUT2D eigenvalue weighted by Gasteiger charge is 2.37. The summed E-state index contributed by atoms with van der Waals surface area (Å²) < 4.78 is 12.3. The molecule has 0 amide bonds. The van der Waals surface area contributed by atoms with Crippen molar-refractivity contribution < 1.29 is 9.47 Å². The Morgan fingerprint density at radius 1 is 0.760 bits per heavy atom. The van der Waals surface area contributed by atoms with E-state index >= 15 is 0 Å². The van der Waals surface area contributed by atoms with Crippen LogP contribution in [-0.4, -0.2) is 25.9 Å². The summed E-state index contributed by atoms with van der Waals surface area (Å²) in [7, 11) is 0. The summed E-state index contributed by atoms with van der Waals surface area (Å²) in [5, 5.41) is 0. The minimum absolute atomic E-state index is 0.467. The van der Waals surface area contributed by atoms with Crippen LogP contribution in [-0.2, 0) is 9.47 Å². The van der Waals surface area contributed by atoms with E-state index in [1.165, 1.54) is 25.7 Å². The van der Waals surface area contributed by atoms with E-state index < -0.39 is 0 Å². The second kappa shape index (κ2) is 9.74. The Labute approximate surface area is 157 Å². The highest BCUT2D eigenvalue weighted by atomic mass is 16.5. The zero-order valence-electron chi connectivity index (χ0n) is 18.0. The zero-order chi connectivity index (χ0) is 18.6. The van der Waals surface area contributed by atoms with Crippen molar-refractivity contribution in [2.45, 2.75) is 80.3 Å². The highest BCUT2D eigenvalue weighted by molar-refractivity contribution is 4.86. The van der Waals surface area contributed by atoms with Crippen LogP contribution in [0.2, 0.25) is 0 Å². The summed E-state index contributed by atoms with van der Waals surface area (Å²) in [6, 6.07) is 0. The lowest BCUT2D eigenvalue weighted by molar-refractivity contribution is -0.0839. The maximum Gasteiger partial charge on any atom is 0.0580 e. The van der Waals surface area contributed by atoms with Crippen LogP contribution in [0.3, 0.4) is 0 Å². The molecule has 2 aliphatic rings. The Morgan fingerprint density at radius 3 is 1.96 bits per heavy atom. The van der Waals surface area contributed by atoms with Gasteiger partial charge in [0.2, 0.25) is 0 Å². The third-order valence-electron chi connectivity index (χ3n) is 7.23. The van der Waals surface area contributed by atoms with Crippen molar-refractivity contribution in [1.82, 2.24) is 0 Å². The molecular formula is C23H44O2. The molecule has 0 saturated carbocycles. The number of hydrogen-bond acceptors (Lipinski definition) is 2. The summed E-state index contributed by atoms with van der Waals surface area (Å²) >= 11 is 0. The zero-order valence-corrected chi connectivity index (χ0v) is 18.0. The molecule has 0 aromatic rings. The van der Waals surface area contributed by atoms with Crippen molar-refractivity contribution in [3.8, 4) is 0 Å². The van der Waals surface area contributed by atoms with Crippen molar-refractivity contribution in [3.63, 3.8) is 0 Å². The van der Waals surface area contributed by atoms with Gasteiger partial charge in [-0.25, -0.2) is 0 Å². The third-order valence-corrected chi connectivity index (χ3v) is 7.23. The Kier molecular flexibility index (Phi) is 8.27. The molecular weight excluding hydrogens is 308 g/mol. The molecule has 2 fully saturated rings. The van der Waals surface area contributed by atoms with Crippen LogP contribution in [0, 0.1) is 47.3 Å². The van der Waals surface area contributed by atoms with Gasteiger partial charge in [0.15, 0.2) is 0 Å². The van der Waals surface area contributed by atoms with E-state index in [0.717, 1.165) is 55.3 Å². The van der Waals surface area contributed by atoms with Crippen molar-refractivity contribution in [3.05, 3.63) is 0 Å². The van der Waals surface area contributed by atoms with Gasteiger partial charge in [0.05, 0.1) is 12.7 Å². The Hall–Kier alpha value is -0.0800. The monoisotopic (exact) mass is 352 g/mol. The van der Waals surface area contributed by atoms with Crippen LogP contribution in [0.5, 0.6) is 0 Å². The molecule has 6 unspecified atom stereocenters. The lowest BCUT2D eigenvalue weighted by atomic mass is 9.70. The fraction of sp³-hybridized carbons (Fsp3) is 1.00. The van der Waals surface area contributed by atoms with E-state index in [9.17, 15) is 0 Å². The van der Waals surface area contributed by atoms with E-state index in [2.05, 4.69) is 48.5 Å². The molecule has 0 spiro atoms. The first-order valence-electron chi connectivity index (χ1n) is 11.0. The maximum absolute atomic E-state index is 6.39. The fourth-order valence-electron chi connectivity index (χ4n) is 5.50. The summed E-state index contributed by atoms with van der Waals surface area (Å²) in [5.41, 5.74) is 0. The van der Waals surface area contributed by atoms with Crippen LogP contribution < -0.4 is 0 Å². The molecule has 25 heavy (non-hydrogen) atoms.